The first-order valence-corrected chi connectivity index (χ1v) is 11.3. The number of carbonyl (C=O) groups excluding carboxylic acids is 2. The molecule has 3 N–H and O–H groups in total. The monoisotopic (exact) mass is 525 g/mol. The maximum atomic E-state index is 13.3. The molecule has 0 bridgehead atoms. The van der Waals surface area contributed by atoms with Crippen LogP contribution in [0.25, 0.3) is 10.8 Å². The van der Waals surface area contributed by atoms with Crippen LogP contribution in [0.4, 0.5) is 13.2 Å². The van der Waals surface area contributed by atoms with Crippen molar-refractivity contribution >= 4 is 40.4 Å². The van der Waals surface area contributed by atoms with Crippen molar-refractivity contribution in [2.24, 2.45) is 5.10 Å². The molecule has 4 aromatic carbocycles. The third-order valence-corrected chi connectivity index (χ3v) is 5.85. The maximum Gasteiger partial charge on any atom is 0.416 e. The molecule has 0 aliphatic heterocycles. The van der Waals surface area contributed by atoms with Gasteiger partial charge >= 0.3 is 6.18 Å². The number of hydrogen-bond acceptors (Lipinski definition) is 4. The minimum Gasteiger partial charge on any atom is -0.506 e. The molecule has 0 spiro atoms. The van der Waals surface area contributed by atoms with Gasteiger partial charge < -0.3 is 10.4 Å². The van der Waals surface area contributed by atoms with Crippen LogP contribution >= 0.6 is 11.6 Å². The minimum atomic E-state index is -4.53. The van der Waals surface area contributed by atoms with Gasteiger partial charge in [-0.2, -0.15) is 18.3 Å². The molecule has 0 aromatic heterocycles. The molecular formula is C27H19ClF3N3O3. The van der Waals surface area contributed by atoms with E-state index in [-0.39, 0.29) is 34.0 Å². The maximum absolute atomic E-state index is 13.3. The van der Waals surface area contributed by atoms with E-state index >= 15 is 0 Å². The highest BCUT2D eigenvalue weighted by Crippen LogP contribution is 2.32. The Balaban J connectivity index is 1.52. The van der Waals surface area contributed by atoms with Crippen LogP contribution in [-0.2, 0) is 12.7 Å². The van der Waals surface area contributed by atoms with Gasteiger partial charge in [0.1, 0.15) is 5.75 Å². The van der Waals surface area contributed by atoms with E-state index in [1.54, 1.807) is 30.3 Å². The molecule has 0 radical (unpaired) electrons. The number of nitrogens with zero attached hydrogens (tertiary/aromatic N) is 1. The highest BCUT2D eigenvalue weighted by molar-refractivity contribution is 6.32. The van der Waals surface area contributed by atoms with Crippen molar-refractivity contribution in [1.82, 2.24) is 10.7 Å². The molecule has 0 heterocycles. The number of hydrazone groups is 1. The first kappa shape index (κ1) is 25.7. The van der Waals surface area contributed by atoms with Crippen LogP contribution in [0.5, 0.6) is 5.75 Å². The topological polar surface area (TPSA) is 90.8 Å². The fraction of sp³-hybridized carbons (Fsp3) is 0.0741. The van der Waals surface area contributed by atoms with Crippen LogP contribution in [0.2, 0.25) is 5.02 Å². The van der Waals surface area contributed by atoms with Gasteiger partial charge in [0.2, 0.25) is 0 Å². The number of alkyl halides is 3. The Kier molecular flexibility index (Phi) is 7.45. The van der Waals surface area contributed by atoms with Gasteiger partial charge in [-0.25, -0.2) is 5.43 Å². The lowest BCUT2D eigenvalue weighted by Crippen LogP contribution is -2.24. The number of fused-ring (bicyclic) bond motifs is 1. The van der Waals surface area contributed by atoms with E-state index < -0.39 is 23.6 Å². The zero-order valence-corrected chi connectivity index (χ0v) is 19.8. The Labute approximate surface area is 214 Å². The number of rotatable bonds is 6. The Bertz CT molecular complexity index is 1520. The van der Waals surface area contributed by atoms with E-state index in [0.29, 0.717) is 16.3 Å². The van der Waals surface area contributed by atoms with Crippen LogP contribution < -0.4 is 10.7 Å². The van der Waals surface area contributed by atoms with Gasteiger partial charge in [0.15, 0.2) is 0 Å². The van der Waals surface area contributed by atoms with Gasteiger partial charge in [0.05, 0.1) is 16.8 Å². The summed E-state index contributed by atoms with van der Waals surface area (Å²) in [6.45, 7) is -0.292. The third kappa shape index (κ3) is 5.90. The number of phenolic OH excluding ortho intramolecular Hbond substituents is 1. The summed E-state index contributed by atoms with van der Waals surface area (Å²) in [5.41, 5.74) is 2.60. The molecule has 0 aliphatic rings. The van der Waals surface area contributed by atoms with Crippen molar-refractivity contribution in [3.63, 3.8) is 0 Å². The Hall–Kier alpha value is -4.37. The summed E-state index contributed by atoms with van der Waals surface area (Å²) in [6, 6.07) is 19.2. The number of benzene rings is 4. The molecule has 0 saturated heterocycles. The van der Waals surface area contributed by atoms with Gasteiger partial charge in [0.25, 0.3) is 11.8 Å². The number of nitrogens with one attached hydrogen (secondary N) is 2. The van der Waals surface area contributed by atoms with Crippen LogP contribution in [0, 0.1) is 0 Å². The molecule has 37 heavy (non-hydrogen) atoms. The fourth-order valence-corrected chi connectivity index (χ4v) is 3.91. The number of aromatic hydroxyl groups is 1. The van der Waals surface area contributed by atoms with E-state index in [4.69, 9.17) is 11.6 Å². The van der Waals surface area contributed by atoms with E-state index in [9.17, 15) is 27.9 Å². The molecule has 0 fully saturated rings. The highest BCUT2D eigenvalue weighted by atomic mass is 35.5. The SMILES string of the molecule is O=C(NN=Cc1ccc(C(=O)NCc2ccccc2C(F)(F)F)c2ccccc12)c1ccc(O)c(Cl)c1. The average molecular weight is 526 g/mol. The second-order valence-corrected chi connectivity index (χ2v) is 8.36. The van der Waals surface area contributed by atoms with Crippen molar-refractivity contribution in [2.75, 3.05) is 0 Å². The molecule has 0 unspecified atom stereocenters. The van der Waals surface area contributed by atoms with Crippen LogP contribution in [0.15, 0.2) is 84.0 Å². The number of amides is 2. The van der Waals surface area contributed by atoms with Gasteiger partial charge in [-0.05, 0) is 46.7 Å². The van der Waals surface area contributed by atoms with Gasteiger partial charge in [-0.3, -0.25) is 9.59 Å². The third-order valence-electron chi connectivity index (χ3n) is 5.54. The summed E-state index contributed by atoms with van der Waals surface area (Å²) in [5.74, 6) is -1.23. The lowest BCUT2D eigenvalue weighted by molar-refractivity contribution is -0.138. The number of halogens is 4. The van der Waals surface area contributed by atoms with E-state index in [1.165, 1.54) is 48.7 Å². The van der Waals surface area contributed by atoms with Gasteiger partial charge in [-0.15, -0.1) is 0 Å². The van der Waals surface area contributed by atoms with Crippen molar-refractivity contribution in [3.05, 3.63) is 112 Å². The molecule has 10 heteroatoms. The standard InChI is InChI=1S/C27H19ClF3N3O3/c28-23-13-16(10-12-24(23)35)25(36)34-33-15-17-9-11-21(20-7-3-2-6-19(17)20)26(37)32-14-18-5-1-4-8-22(18)27(29,30)31/h1-13,15,35H,14H2,(H,32,37)(H,34,36). The van der Waals surface area contributed by atoms with Crippen molar-refractivity contribution < 1.29 is 27.9 Å². The Morgan fingerprint density at radius 2 is 1.62 bits per heavy atom. The summed E-state index contributed by atoms with van der Waals surface area (Å²) in [4.78, 5) is 25.2. The molecular weight excluding hydrogens is 507 g/mol. The highest BCUT2D eigenvalue weighted by Gasteiger charge is 2.32. The molecule has 0 aliphatic carbocycles. The summed E-state index contributed by atoms with van der Waals surface area (Å²) >= 11 is 5.83. The summed E-state index contributed by atoms with van der Waals surface area (Å²) in [5, 5.41) is 17.2. The number of phenols is 1. The van der Waals surface area contributed by atoms with Crippen LogP contribution in [0.1, 0.15) is 37.4 Å². The Morgan fingerprint density at radius 3 is 2.35 bits per heavy atom. The van der Waals surface area contributed by atoms with Crippen molar-refractivity contribution in [1.29, 1.82) is 0 Å². The largest absolute Gasteiger partial charge is 0.506 e. The summed E-state index contributed by atoms with van der Waals surface area (Å²) in [6.07, 6.45) is -3.12. The molecule has 188 valence electrons. The van der Waals surface area contributed by atoms with Crippen molar-refractivity contribution in [3.8, 4) is 5.75 Å². The predicted octanol–water partition coefficient (Wildman–Crippen LogP) is 5.91. The average Bonchev–Trinajstić information content (AvgIpc) is 2.88. The molecule has 2 amide bonds. The normalized spacial score (nSPS) is 11.6. The molecule has 0 saturated carbocycles. The smallest absolute Gasteiger partial charge is 0.416 e. The fourth-order valence-electron chi connectivity index (χ4n) is 3.73. The zero-order valence-electron chi connectivity index (χ0n) is 19.0. The summed E-state index contributed by atoms with van der Waals surface area (Å²) < 4.78 is 39.8. The number of carbonyl (C=O) groups is 2. The first-order chi connectivity index (χ1) is 17.6. The molecule has 6 nitrogen and oxygen atoms in total. The van der Waals surface area contributed by atoms with E-state index in [1.807, 2.05) is 0 Å². The summed E-state index contributed by atoms with van der Waals surface area (Å²) in [7, 11) is 0. The van der Waals surface area contributed by atoms with E-state index in [2.05, 4.69) is 15.8 Å². The van der Waals surface area contributed by atoms with Crippen molar-refractivity contribution in [2.45, 2.75) is 12.7 Å². The molecule has 4 rings (SSSR count). The molecule has 4 aromatic rings. The number of hydrogen-bond donors (Lipinski definition) is 3. The van der Waals surface area contributed by atoms with Gasteiger partial charge in [-0.1, -0.05) is 60.1 Å². The lowest BCUT2D eigenvalue weighted by Gasteiger charge is -2.14. The van der Waals surface area contributed by atoms with Gasteiger partial charge in [0, 0.05) is 23.2 Å². The second kappa shape index (κ2) is 10.7. The predicted molar refractivity (Wildman–Crippen MR) is 135 cm³/mol. The minimum absolute atomic E-state index is 0.0263. The second-order valence-electron chi connectivity index (χ2n) is 7.95. The van der Waals surface area contributed by atoms with E-state index in [0.717, 1.165) is 6.07 Å². The first-order valence-electron chi connectivity index (χ1n) is 10.9. The van der Waals surface area contributed by atoms with Crippen LogP contribution in [0.3, 0.4) is 0 Å². The Morgan fingerprint density at radius 1 is 0.919 bits per heavy atom. The van der Waals surface area contributed by atoms with Crippen LogP contribution in [-0.4, -0.2) is 23.1 Å². The quantitative estimate of drug-likeness (QED) is 0.216. The zero-order chi connectivity index (χ0) is 26.6. The lowest BCUT2D eigenvalue weighted by atomic mass is 9.99. The molecule has 0 atom stereocenters.